The molecule has 0 bridgehead atoms. The molecule has 0 radical (unpaired) electrons. The standard InChI is InChI=1S/C36H69N3O13/c1-29(2)12-13-33(45)37-14-7-3-5-10-31(43)38-15-9-18-48-21-20-47-17-8-4-6-11-32(44)39-16-19-49-22-23-50-24-25-51-35-34(46)30(42)26-36(27-40,28-41)52-35/h29-30,34-35,40-42,46H,3-28H2,1-2H3,(H,37,45)(H,38,43)(H,39,44)/t30?,34?,35-/m0/s1. The average Bonchev–Trinajstić information content (AvgIpc) is 3.13. The largest absolute Gasteiger partial charge is 0.393 e. The smallest absolute Gasteiger partial charge is 0.220 e. The average molecular weight is 752 g/mol. The van der Waals surface area contributed by atoms with Crippen molar-refractivity contribution in [1.82, 2.24) is 16.0 Å². The van der Waals surface area contributed by atoms with E-state index in [9.17, 15) is 34.8 Å². The molecule has 3 atom stereocenters. The number of ether oxygens (including phenoxy) is 6. The second-order valence-corrected chi connectivity index (χ2v) is 13.5. The van der Waals surface area contributed by atoms with E-state index in [-0.39, 0.29) is 37.4 Å². The van der Waals surface area contributed by atoms with Gasteiger partial charge >= 0.3 is 0 Å². The zero-order valence-corrected chi connectivity index (χ0v) is 31.7. The lowest BCUT2D eigenvalue weighted by Gasteiger charge is -2.43. The van der Waals surface area contributed by atoms with Crippen LogP contribution in [0.5, 0.6) is 0 Å². The van der Waals surface area contributed by atoms with Gasteiger partial charge in [-0.05, 0) is 44.4 Å². The van der Waals surface area contributed by atoms with E-state index in [1.807, 2.05) is 0 Å². The zero-order valence-electron chi connectivity index (χ0n) is 31.7. The Balaban J connectivity index is 1.80. The topological polar surface area (TPSA) is 224 Å². The van der Waals surface area contributed by atoms with Gasteiger partial charge in [-0.25, -0.2) is 0 Å². The molecule has 306 valence electrons. The van der Waals surface area contributed by atoms with Gasteiger partial charge in [-0.3, -0.25) is 14.4 Å². The number of hydrogen-bond acceptors (Lipinski definition) is 13. The van der Waals surface area contributed by atoms with Crippen molar-refractivity contribution in [1.29, 1.82) is 0 Å². The fraction of sp³-hybridized carbons (Fsp3) is 0.917. The van der Waals surface area contributed by atoms with Crippen LogP contribution in [0.1, 0.15) is 90.9 Å². The van der Waals surface area contributed by atoms with Crippen LogP contribution in [-0.2, 0) is 42.8 Å². The van der Waals surface area contributed by atoms with Crippen LogP contribution in [0.3, 0.4) is 0 Å². The summed E-state index contributed by atoms with van der Waals surface area (Å²) in [6.07, 6.45) is 4.48. The molecule has 1 aliphatic heterocycles. The summed E-state index contributed by atoms with van der Waals surface area (Å²) in [6.45, 7) is 8.21. The number of aliphatic hydroxyl groups is 4. The lowest BCUT2D eigenvalue weighted by molar-refractivity contribution is -0.313. The Morgan fingerprint density at radius 3 is 1.75 bits per heavy atom. The summed E-state index contributed by atoms with van der Waals surface area (Å²) >= 11 is 0. The molecule has 1 fully saturated rings. The van der Waals surface area contributed by atoms with Gasteiger partial charge in [0.15, 0.2) is 6.29 Å². The van der Waals surface area contributed by atoms with E-state index < -0.39 is 37.3 Å². The van der Waals surface area contributed by atoms with E-state index in [4.69, 9.17) is 28.4 Å². The molecule has 0 aromatic rings. The number of carbonyl (C=O) groups excluding carboxylic acids is 3. The van der Waals surface area contributed by atoms with Gasteiger partial charge in [0.1, 0.15) is 11.7 Å². The number of unbranched alkanes of at least 4 members (excludes halogenated alkanes) is 4. The molecule has 1 rings (SSSR count). The SMILES string of the molecule is CC(C)CCC(=O)NCCCCCC(=O)NCCCOCCOCCCCCC(=O)NCCOCCOCCO[C@H]1OC(CO)(CO)CC(O)C1O. The van der Waals surface area contributed by atoms with Crippen LogP contribution in [-0.4, -0.2) is 155 Å². The highest BCUT2D eigenvalue weighted by Crippen LogP contribution is 2.29. The first-order valence-corrected chi connectivity index (χ1v) is 19.1. The molecule has 0 aliphatic carbocycles. The normalized spacial score (nSPS) is 18.4. The lowest BCUT2D eigenvalue weighted by Crippen LogP contribution is -2.58. The van der Waals surface area contributed by atoms with Crippen LogP contribution in [0.2, 0.25) is 0 Å². The molecule has 3 amide bonds. The van der Waals surface area contributed by atoms with Crippen LogP contribution >= 0.6 is 0 Å². The molecule has 7 N–H and O–H groups in total. The van der Waals surface area contributed by atoms with Gasteiger partial charge in [-0.15, -0.1) is 0 Å². The van der Waals surface area contributed by atoms with Gasteiger partial charge < -0.3 is 64.8 Å². The third kappa shape index (κ3) is 25.1. The summed E-state index contributed by atoms with van der Waals surface area (Å²) in [6, 6.07) is 0. The maximum atomic E-state index is 12.0. The molecule has 0 aromatic heterocycles. The number of carbonyl (C=O) groups is 3. The molecule has 16 heteroatoms. The van der Waals surface area contributed by atoms with E-state index in [1.54, 1.807) is 0 Å². The van der Waals surface area contributed by atoms with Crippen molar-refractivity contribution < 1.29 is 63.2 Å². The summed E-state index contributed by atoms with van der Waals surface area (Å²) in [5.41, 5.74) is -1.37. The minimum absolute atomic E-state index is 0.0271. The second-order valence-electron chi connectivity index (χ2n) is 13.5. The molecule has 1 aliphatic rings. The Kier molecular flexibility index (Phi) is 29.0. The first-order chi connectivity index (χ1) is 25.1. The van der Waals surface area contributed by atoms with E-state index >= 15 is 0 Å². The summed E-state index contributed by atoms with van der Waals surface area (Å²) in [7, 11) is 0. The fourth-order valence-electron chi connectivity index (χ4n) is 5.13. The van der Waals surface area contributed by atoms with Crippen molar-refractivity contribution in [3.63, 3.8) is 0 Å². The first kappa shape index (κ1) is 48.0. The maximum absolute atomic E-state index is 12.0. The Hall–Kier alpha value is -1.99. The predicted octanol–water partition coefficient (Wildman–Crippen LogP) is 0.557. The van der Waals surface area contributed by atoms with E-state index in [2.05, 4.69) is 29.8 Å². The molecular weight excluding hydrogens is 682 g/mol. The highest BCUT2D eigenvalue weighted by atomic mass is 16.7. The van der Waals surface area contributed by atoms with Crippen molar-refractivity contribution >= 4 is 17.7 Å². The van der Waals surface area contributed by atoms with Gasteiger partial charge in [-0.1, -0.05) is 26.7 Å². The predicted molar refractivity (Wildman–Crippen MR) is 192 cm³/mol. The molecule has 52 heavy (non-hydrogen) atoms. The minimum Gasteiger partial charge on any atom is -0.393 e. The van der Waals surface area contributed by atoms with Crippen molar-refractivity contribution in [2.45, 2.75) is 115 Å². The Bertz CT molecular complexity index is 911. The number of rotatable bonds is 34. The molecule has 1 heterocycles. The maximum Gasteiger partial charge on any atom is 0.220 e. The van der Waals surface area contributed by atoms with Crippen LogP contribution < -0.4 is 16.0 Å². The zero-order chi connectivity index (χ0) is 38.3. The van der Waals surface area contributed by atoms with E-state index in [1.165, 1.54) is 0 Å². The van der Waals surface area contributed by atoms with Crippen LogP contribution in [0, 0.1) is 5.92 Å². The summed E-state index contributed by atoms with van der Waals surface area (Å²) in [5.74, 6) is 0.655. The fourth-order valence-corrected chi connectivity index (χ4v) is 5.13. The first-order valence-electron chi connectivity index (χ1n) is 19.1. The van der Waals surface area contributed by atoms with E-state index in [0.717, 1.165) is 51.4 Å². The monoisotopic (exact) mass is 751 g/mol. The Morgan fingerprint density at radius 1 is 0.635 bits per heavy atom. The third-order valence-corrected chi connectivity index (χ3v) is 8.35. The highest BCUT2D eigenvalue weighted by molar-refractivity contribution is 5.76. The summed E-state index contributed by atoms with van der Waals surface area (Å²) < 4.78 is 32.9. The number of amides is 3. The molecule has 2 unspecified atom stereocenters. The molecule has 1 saturated heterocycles. The van der Waals surface area contributed by atoms with Crippen LogP contribution in [0.25, 0.3) is 0 Å². The quantitative estimate of drug-likeness (QED) is 0.0447. The molecule has 16 nitrogen and oxygen atoms in total. The van der Waals surface area contributed by atoms with Gasteiger partial charge in [0, 0.05) is 58.5 Å². The van der Waals surface area contributed by atoms with Gasteiger partial charge in [0.25, 0.3) is 0 Å². The van der Waals surface area contributed by atoms with Gasteiger partial charge in [0.2, 0.25) is 17.7 Å². The van der Waals surface area contributed by atoms with Crippen LogP contribution in [0.15, 0.2) is 0 Å². The van der Waals surface area contributed by atoms with Crippen molar-refractivity contribution in [3.05, 3.63) is 0 Å². The van der Waals surface area contributed by atoms with Gasteiger partial charge in [0.05, 0.1) is 65.6 Å². The molecule has 0 aromatic carbocycles. The minimum atomic E-state index is -1.37. The Morgan fingerprint density at radius 2 is 1.13 bits per heavy atom. The van der Waals surface area contributed by atoms with Crippen molar-refractivity contribution in [2.24, 2.45) is 5.92 Å². The number of nitrogens with one attached hydrogen (secondary N) is 3. The second kappa shape index (κ2) is 31.4. The number of hydrogen-bond donors (Lipinski definition) is 7. The Labute approximate surface area is 309 Å². The van der Waals surface area contributed by atoms with Gasteiger partial charge in [-0.2, -0.15) is 0 Å². The number of aliphatic hydroxyl groups excluding tert-OH is 4. The van der Waals surface area contributed by atoms with Crippen molar-refractivity contribution in [3.8, 4) is 0 Å². The summed E-state index contributed by atoms with van der Waals surface area (Å²) in [4.78, 5) is 35.6. The molecule has 0 saturated carbocycles. The van der Waals surface area contributed by atoms with Crippen molar-refractivity contribution in [2.75, 3.05) is 92.3 Å². The molecule has 0 spiro atoms. The molecular formula is C36H69N3O13. The van der Waals surface area contributed by atoms with E-state index in [0.29, 0.717) is 91.1 Å². The van der Waals surface area contributed by atoms with Crippen LogP contribution in [0.4, 0.5) is 0 Å². The lowest BCUT2D eigenvalue weighted by atomic mass is 9.91. The summed E-state index contributed by atoms with van der Waals surface area (Å²) in [5, 5.41) is 47.6. The highest BCUT2D eigenvalue weighted by Gasteiger charge is 2.46. The third-order valence-electron chi connectivity index (χ3n) is 8.35.